The highest BCUT2D eigenvalue weighted by atomic mass is 16.5. The Kier molecular flexibility index (Phi) is 5.41. The lowest BCUT2D eigenvalue weighted by Gasteiger charge is -2.35. The molecule has 0 radical (unpaired) electrons. The van der Waals surface area contributed by atoms with Gasteiger partial charge in [-0.25, -0.2) is 0 Å². The van der Waals surface area contributed by atoms with E-state index < -0.39 is 0 Å². The lowest BCUT2D eigenvalue weighted by Crippen LogP contribution is -2.38. The van der Waals surface area contributed by atoms with Crippen LogP contribution >= 0.6 is 0 Å². The SMILES string of the molecule is COc1ccc2c(c1)c(/C=C1/Oc3c(ccc(O)c3CN3C[C@@H](C)C[C@H](C)C3)C1=O)cn2C. The number of hydrogen-bond acceptors (Lipinski definition) is 5. The van der Waals surface area contributed by atoms with Crippen molar-refractivity contribution in [1.29, 1.82) is 0 Å². The summed E-state index contributed by atoms with van der Waals surface area (Å²) in [6, 6.07) is 9.15. The van der Waals surface area contributed by atoms with Crippen LogP contribution in [0.25, 0.3) is 17.0 Å². The van der Waals surface area contributed by atoms with Gasteiger partial charge in [0.15, 0.2) is 5.76 Å². The summed E-state index contributed by atoms with van der Waals surface area (Å²) < 4.78 is 13.5. The third kappa shape index (κ3) is 3.89. The van der Waals surface area contributed by atoms with Gasteiger partial charge in [0.25, 0.3) is 0 Å². The Labute approximate surface area is 194 Å². The van der Waals surface area contributed by atoms with Gasteiger partial charge in [-0.05, 0) is 54.7 Å². The molecule has 6 heteroatoms. The number of aromatic nitrogens is 1. The van der Waals surface area contributed by atoms with E-state index in [1.807, 2.05) is 36.0 Å². The summed E-state index contributed by atoms with van der Waals surface area (Å²) in [6.45, 7) is 7.04. The van der Waals surface area contributed by atoms with Crippen LogP contribution in [-0.2, 0) is 13.6 Å². The Balaban J connectivity index is 1.50. The van der Waals surface area contributed by atoms with E-state index in [1.54, 1.807) is 25.3 Å². The number of aryl methyl sites for hydroxylation is 1. The normalized spacial score (nSPS) is 22.1. The van der Waals surface area contributed by atoms with E-state index in [9.17, 15) is 9.90 Å². The van der Waals surface area contributed by atoms with Crippen molar-refractivity contribution < 1.29 is 19.4 Å². The monoisotopic (exact) mass is 446 g/mol. The molecule has 0 bridgehead atoms. The molecule has 6 nitrogen and oxygen atoms in total. The van der Waals surface area contributed by atoms with E-state index in [1.165, 1.54) is 6.42 Å². The third-order valence-electron chi connectivity index (χ3n) is 6.76. The van der Waals surface area contributed by atoms with Crippen molar-refractivity contribution in [2.45, 2.75) is 26.8 Å². The van der Waals surface area contributed by atoms with Gasteiger partial charge in [0.05, 0.1) is 18.2 Å². The molecule has 2 aliphatic rings. The first kappa shape index (κ1) is 21.6. The summed E-state index contributed by atoms with van der Waals surface area (Å²) >= 11 is 0. The number of hydrogen-bond donors (Lipinski definition) is 1. The van der Waals surface area contributed by atoms with E-state index in [2.05, 4.69) is 18.7 Å². The van der Waals surface area contributed by atoms with Crippen LogP contribution in [0.1, 0.15) is 41.8 Å². The van der Waals surface area contributed by atoms with Crippen LogP contribution < -0.4 is 9.47 Å². The number of benzene rings is 2. The van der Waals surface area contributed by atoms with E-state index >= 15 is 0 Å². The minimum absolute atomic E-state index is 0.161. The van der Waals surface area contributed by atoms with Gasteiger partial charge in [-0.1, -0.05) is 13.8 Å². The molecule has 0 aliphatic carbocycles. The Morgan fingerprint density at radius 2 is 1.94 bits per heavy atom. The second-order valence-electron chi connectivity index (χ2n) is 9.60. The van der Waals surface area contributed by atoms with E-state index in [-0.39, 0.29) is 17.3 Å². The van der Waals surface area contributed by atoms with Gasteiger partial charge in [0.1, 0.15) is 17.2 Å². The maximum atomic E-state index is 13.2. The Hall–Kier alpha value is -3.25. The molecule has 1 aromatic heterocycles. The second-order valence-corrected chi connectivity index (χ2v) is 9.60. The first-order chi connectivity index (χ1) is 15.8. The van der Waals surface area contributed by atoms with Gasteiger partial charge >= 0.3 is 0 Å². The van der Waals surface area contributed by atoms with Gasteiger partial charge in [-0.2, -0.15) is 0 Å². The first-order valence-electron chi connectivity index (χ1n) is 11.5. The second kappa shape index (κ2) is 8.27. The van der Waals surface area contributed by atoms with Gasteiger partial charge in [0, 0.05) is 49.3 Å². The summed E-state index contributed by atoms with van der Waals surface area (Å²) in [5, 5.41) is 11.6. The van der Waals surface area contributed by atoms with Gasteiger partial charge in [-0.3, -0.25) is 9.69 Å². The molecule has 0 unspecified atom stereocenters. The number of aromatic hydroxyl groups is 1. The van der Waals surface area contributed by atoms with Gasteiger partial charge < -0.3 is 19.1 Å². The number of phenolic OH excluding ortho intramolecular Hbond substituents is 1. The number of carbonyl (C=O) groups is 1. The fourth-order valence-corrected chi connectivity index (χ4v) is 5.38. The Morgan fingerprint density at radius 1 is 1.18 bits per heavy atom. The average molecular weight is 447 g/mol. The number of piperidine rings is 1. The number of Topliss-reactive ketones (excluding diaryl/α,β-unsaturated/α-hetero) is 1. The summed E-state index contributed by atoms with van der Waals surface area (Å²) in [5.41, 5.74) is 3.11. The van der Waals surface area contributed by atoms with E-state index in [4.69, 9.17) is 9.47 Å². The van der Waals surface area contributed by atoms with Crippen molar-refractivity contribution >= 4 is 22.8 Å². The number of methoxy groups -OCH3 is 1. The molecule has 3 heterocycles. The molecular weight excluding hydrogens is 416 g/mol. The number of phenols is 1. The van der Waals surface area contributed by atoms with Crippen LogP contribution in [0.15, 0.2) is 42.3 Å². The van der Waals surface area contributed by atoms with Crippen molar-refractivity contribution in [2.24, 2.45) is 18.9 Å². The fraction of sp³-hybridized carbons (Fsp3) is 0.370. The number of rotatable bonds is 4. The smallest absolute Gasteiger partial charge is 0.231 e. The number of likely N-dealkylation sites (tertiary alicyclic amines) is 1. The Morgan fingerprint density at radius 3 is 2.67 bits per heavy atom. The van der Waals surface area contributed by atoms with Crippen molar-refractivity contribution in [1.82, 2.24) is 9.47 Å². The molecule has 1 fully saturated rings. The number of carbonyl (C=O) groups excluding carboxylic acids is 1. The molecule has 0 amide bonds. The molecule has 1 N–H and O–H groups in total. The van der Waals surface area contributed by atoms with Crippen LogP contribution in [0.3, 0.4) is 0 Å². The molecule has 2 atom stereocenters. The maximum absolute atomic E-state index is 13.2. The predicted octanol–water partition coefficient (Wildman–Crippen LogP) is 4.99. The van der Waals surface area contributed by atoms with Crippen LogP contribution in [0.4, 0.5) is 0 Å². The minimum Gasteiger partial charge on any atom is -0.507 e. The molecule has 0 spiro atoms. The lowest BCUT2D eigenvalue weighted by atomic mass is 9.91. The van der Waals surface area contributed by atoms with Crippen molar-refractivity contribution in [3.8, 4) is 17.2 Å². The van der Waals surface area contributed by atoms with Crippen LogP contribution in [0, 0.1) is 11.8 Å². The molecule has 1 saturated heterocycles. The average Bonchev–Trinajstić information content (AvgIpc) is 3.26. The standard InChI is InChI=1S/C27H30N2O4/c1-16-9-17(2)13-29(12-16)15-22-24(30)8-6-20-26(31)25(33-27(20)22)10-18-14-28(3)23-7-5-19(32-4)11-21(18)23/h5-8,10-11,14,16-17,30H,9,12-13,15H2,1-4H3/b25-10+/t16-,17-/m0/s1. The maximum Gasteiger partial charge on any atom is 0.231 e. The zero-order valence-corrected chi connectivity index (χ0v) is 19.6. The highest BCUT2D eigenvalue weighted by Gasteiger charge is 2.33. The number of allylic oxidation sites excluding steroid dienone is 1. The molecule has 2 aromatic carbocycles. The largest absolute Gasteiger partial charge is 0.507 e. The first-order valence-corrected chi connectivity index (χ1v) is 11.5. The summed E-state index contributed by atoms with van der Waals surface area (Å²) in [4.78, 5) is 15.6. The van der Waals surface area contributed by atoms with Crippen molar-refractivity contribution in [3.05, 3.63) is 59.0 Å². The van der Waals surface area contributed by atoms with Gasteiger partial charge in [-0.15, -0.1) is 0 Å². The molecular formula is C27H30N2O4. The summed E-state index contributed by atoms with van der Waals surface area (Å²) in [5.74, 6) is 2.73. The zero-order valence-electron chi connectivity index (χ0n) is 19.6. The fourth-order valence-electron chi connectivity index (χ4n) is 5.38. The highest BCUT2D eigenvalue weighted by molar-refractivity contribution is 6.15. The van der Waals surface area contributed by atoms with Crippen LogP contribution in [0.2, 0.25) is 0 Å². The minimum atomic E-state index is -0.161. The topological polar surface area (TPSA) is 63.9 Å². The lowest BCUT2D eigenvalue weighted by molar-refractivity contribution is 0.101. The van der Waals surface area contributed by atoms with E-state index in [0.717, 1.165) is 35.3 Å². The highest BCUT2D eigenvalue weighted by Crippen LogP contribution is 2.41. The summed E-state index contributed by atoms with van der Waals surface area (Å²) in [6.07, 6.45) is 4.98. The number of ketones is 1. The molecule has 172 valence electrons. The molecule has 0 saturated carbocycles. The number of ether oxygens (including phenoxy) is 2. The van der Waals surface area contributed by atoms with Gasteiger partial charge in [0.2, 0.25) is 5.78 Å². The zero-order chi connectivity index (χ0) is 23.3. The quantitative estimate of drug-likeness (QED) is 0.572. The molecule has 2 aliphatic heterocycles. The van der Waals surface area contributed by atoms with Crippen molar-refractivity contribution in [3.63, 3.8) is 0 Å². The number of fused-ring (bicyclic) bond motifs is 2. The molecule has 3 aromatic rings. The molecule has 33 heavy (non-hydrogen) atoms. The Bertz CT molecular complexity index is 1260. The van der Waals surface area contributed by atoms with Crippen LogP contribution in [-0.4, -0.2) is 40.6 Å². The predicted molar refractivity (Wildman–Crippen MR) is 129 cm³/mol. The summed E-state index contributed by atoms with van der Waals surface area (Å²) in [7, 11) is 3.61. The van der Waals surface area contributed by atoms with Crippen LogP contribution in [0.5, 0.6) is 17.2 Å². The third-order valence-corrected chi connectivity index (χ3v) is 6.76. The molecule has 5 rings (SSSR count). The van der Waals surface area contributed by atoms with Crippen molar-refractivity contribution in [2.75, 3.05) is 20.2 Å². The number of nitrogens with zero attached hydrogens (tertiary/aromatic N) is 2. The van der Waals surface area contributed by atoms with E-state index in [0.29, 0.717) is 35.3 Å².